The molecule has 0 saturated carbocycles. The summed E-state index contributed by atoms with van der Waals surface area (Å²) in [7, 11) is 0. The first kappa shape index (κ1) is 22.2. The zero-order chi connectivity index (χ0) is 22.1. The molecule has 0 radical (unpaired) electrons. The van der Waals surface area contributed by atoms with E-state index < -0.39 is 17.7 Å². The minimum absolute atomic E-state index is 0.0241. The van der Waals surface area contributed by atoms with Gasteiger partial charge in [-0.3, -0.25) is 4.79 Å². The van der Waals surface area contributed by atoms with Gasteiger partial charge in [0.1, 0.15) is 12.4 Å². The molecular formula is C24H30FNO4. The van der Waals surface area contributed by atoms with Crippen molar-refractivity contribution < 1.29 is 23.5 Å². The number of Topliss-reactive ketones (excluding diaryl/α,β-unsaturated/α-hetero) is 1. The number of carbonyl (C=O) groups excluding carboxylic acids is 2. The van der Waals surface area contributed by atoms with Gasteiger partial charge in [-0.15, -0.1) is 0 Å². The second-order valence-corrected chi connectivity index (χ2v) is 9.04. The lowest BCUT2D eigenvalue weighted by molar-refractivity contribution is -0.141. The molecule has 1 aromatic carbocycles. The molecule has 0 aromatic heterocycles. The van der Waals surface area contributed by atoms with Crippen molar-refractivity contribution in [2.24, 2.45) is 5.41 Å². The summed E-state index contributed by atoms with van der Waals surface area (Å²) < 4.78 is 24.9. The number of ether oxygens (including phenoxy) is 2. The first-order valence-corrected chi connectivity index (χ1v) is 10.4. The van der Waals surface area contributed by atoms with Crippen LogP contribution in [0.15, 0.2) is 46.8 Å². The van der Waals surface area contributed by atoms with Crippen LogP contribution < -0.4 is 5.32 Å². The van der Waals surface area contributed by atoms with Gasteiger partial charge in [0.2, 0.25) is 0 Å². The highest BCUT2D eigenvalue weighted by molar-refractivity contribution is 6.04. The quantitative estimate of drug-likeness (QED) is 0.551. The average Bonchev–Trinajstić information content (AvgIpc) is 2.62. The second-order valence-electron chi connectivity index (χ2n) is 9.04. The minimum atomic E-state index is -0.654. The highest BCUT2D eigenvalue weighted by Gasteiger charge is 2.43. The Labute approximate surface area is 177 Å². The van der Waals surface area contributed by atoms with E-state index in [2.05, 4.69) is 5.32 Å². The number of esters is 1. The first-order valence-electron chi connectivity index (χ1n) is 10.4. The fourth-order valence-electron chi connectivity index (χ4n) is 4.22. The molecule has 5 nitrogen and oxygen atoms in total. The third-order valence-electron chi connectivity index (χ3n) is 5.41. The molecule has 3 rings (SSSR count). The van der Waals surface area contributed by atoms with Crippen molar-refractivity contribution in [3.05, 3.63) is 58.2 Å². The fourth-order valence-corrected chi connectivity index (χ4v) is 4.22. The molecule has 162 valence electrons. The van der Waals surface area contributed by atoms with Crippen LogP contribution in [0.25, 0.3) is 0 Å². The van der Waals surface area contributed by atoms with Crippen molar-refractivity contribution in [1.82, 2.24) is 5.32 Å². The number of allylic oxidation sites excluding steroid dienone is 3. The third kappa shape index (κ3) is 4.81. The Kier molecular flexibility index (Phi) is 6.46. The van der Waals surface area contributed by atoms with Gasteiger partial charge in [-0.05, 0) is 50.3 Å². The Morgan fingerprint density at radius 2 is 2.00 bits per heavy atom. The predicted octanol–water partition coefficient (Wildman–Crippen LogP) is 4.40. The van der Waals surface area contributed by atoms with Crippen LogP contribution in [-0.4, -0.2) is 31.1 Å². The van der Waals surface area contributed by atoms with E-state index in [0.29, 0.717) is 35.2 Å². The zero-order valence-electron chi connectivity index (χ0n) is 18.3. The van der Waals surface area contributed by atoms with Crippen LogP contribution in [0.2, 0.25) is 0 Å². The molecule has 6 heteroatoms. The lowest BCUT2D eigenvalue weighted by atomic mass is 9.68. The van der Waals surface area contributed by atoms with Gasteiger partial charge >= 0.3 is 5.97 Å². The van der Waals surface area contributed by atoms with Gasteiger partial charge in [-0.2, -0.15) is 0 Å². The van der Waals surface area contributed by atoms with E-state index in [1.807, 2.05) is 27.7 Å². The lowest BCUT2D eigenvalue weighted by Gasteiger charge is -2.39. The second kappa shape index (κ2) is 8.72. The monoisotopic (exact) mass is 415 g/mol. The number of nitrogens with one attached hydrogen (secondary N) is 1. The standard InChI is InChI=1S/C24H30FNO4/c1-14(2)29-9-10-30-23(28)20-15(3)26-18-12-24(4,5)13-19(27)22(18)21(20)16-7-6-8-17(25)11-16/h6-8,11,14,21,26H,9-10,12-13H2,1-5H3. The molecule has 1 aliphatic heterocycles. The molecule has 1 atom stereocenters. The highest BCUT2D eigenvalue weighted by atomic mass is 19.1. The Morgan fingerprint density at radius 3 is 2.67 bits per heavy atom. The van der Waals surface area contributed by atoms with Gasteiger partial charge in [0.25, 0.3) is 0 Å². The maximum Gasteiger partial charge on any atom is 0.336 e. The maximum absolute atomic E-state index is 14.1. The van der Waals surface area contributed by atoms with Crippen LogP contribution in [0.1, 0.15) is 58.9 Å². The number of rotatable bonds is 6. The summed E-state index contributed by atoms with van der Waals surface area (Å²) in [5.41, 5.74) is 2.71. The summed E-state index contributed by atoms with van der Waals surface area (Å²) in [6.45, 7) is 10.1. The number of dihydropyridines is 1. The van der Waals surface area contributed by atoms with Crippen LogP contribution in [-0.2, 0) is 19.1 Å². The summed E-state index contributed by atoms with van der Waals surface area (Å²) in [4.78, 5) is 26.2. The number of hydrogen-bond donors (Lipinski definition) is 1. The van der Waals surface area contributed by atoms with Crippen molar-refractivity contribution in [1.29, 1.82) is 0 Å². The van der Waals surface area contributed by atoms with Crippen molar-refractivity contribution >= 4 is 11.8 Å². The molecule has 1 aromatic rings. The number of halogens is 1. The van der Waals surface area contributed by atoms with Gasteiger partial charge < -0.3 is 14.8 Å². The molecule has 2 aliphatic rings. The molecule has 0 spiro atoms. The van der Waals surface area contributed by atoms with E-state index in [-0.39, 0.29) is 30.5 Å². The van der Waals surface area contributed by atoms with Crippen LogP contribution in [0, 0.1) is 11.2 Å². The Bertz CT molecular complexity index is 914. The summed E-state index contributed by atoms with van der Waals surface area (Å²) >= 11 is 0. The van der Waals surface area contributed by atoms with Crippen molar-refractivity contribution in [2.45, 2.75) is 59.5 Å². The van der Waals surface area contributed by atoms with Gasteiger partial charge in [-0.1, -0.05) is 26.0 Å². The Balaban J connectivity index is 1.99. The predicted molar refractivity (Wildman–Crippen MR) is 112 cm³/mol. The molecule has 1 unspecified atom stereocenters. The third-order valence-corrected chi connectivity index (χ3v) is 5.41. The van der Waals surface area contributed by atoms with Crippen LogP contribution in [0.4, 0.5) is 4.39 Å². The van der Waals surface area contributed by atoms with E-state index in [4.69, 9.17) is 9.47 Å². The van der Waals surface area contributed by atoms with E-state index in [1.54, 1.807) is 19.1 Å². The highest BCUT2D eigenvalue weighted by Crippen LogP contribution is 2.46. The molecule has 0 fully saturated rings. The van der Waals surface area contributed by atoms with E-state index in [0.717, 1.165) is 5.70 Å². The maximum atomic E-state index is 14.1. The topological polar surface area (TPSA) is 64.6 Å². The lowest BCUT2D eigenvalue weighted by Crippen LogP contribution is -2.38. The first-order chi connectivity index (χ1) is 14.1. The minimum Gasteiger partial charge on any atom is -0.460 e. The van der Waals surface area contributed by atoms with Gasteiger partial charge in [-0.25, -0.2) is 9.18 Å². The Hall–Kier alpha value is -2.47. The van der Waals surface area contributed by atoms with Crippen LogP contribution in [0.5, 0.6) is 0 Å². The molecule has 1 heterocycles. The van der Waals surface area contributed by atoms with Crippen LogP contribution >= 0.6 is 0 Å². The number of carbonyl (C=O) groups is 2. The molecule has 0 saturated heterocycles. The van der Waals surface area contributed by atoms with Crippen LogP contribution in [0.3, 0.4) is 0 Å². The van der Waals surface area contributed by atoms with Gasteiger partial charge in [0.15, 0.2) is 5.78 Å². The Morgan fingerprint density at radius 1 is 1.27 bits per heavy atom. The largest absolute Gasteiger partial charge is 0.460 e. The summed E-state index contributed by atoms with van der Waals surface area (Å²) in [5, 5.41) is 3.27. The smallest absolute Gasteiger partial charge is 0.336 e. The normalized spacial score (nSPS) is 20.9. The molecule has 1 N–H and O–H groups in total. The fraction of sp³-hybridized carbons (Fsp3) is 0.500. The molecule has 0 amide bonds. The van der Waals surface area contributed by atoms with E-state index >= 15 is 0 Å². The average molecular weight is 416 g/mol. The zero-order valence-corrected chi connectivity index (χ0v) is 18.3. The molecule has 0 bridgehead atoms. The van der Waals surface area contributed by atoms with Crippen molar-refractivity contribution in [2.75, 3.05) is 13.2 Å². The molecule has 1 aliphatic carbocycles. The number of ketones is 1. The van der Waals surface area contributed by atoms with Gasteiger partial charge in [0.05, 0.1) is 18.3 Å². The van der Waals surface area contributed by atoms with Gasteiger partial charge in [0, 0.05) is 29.3 Å². The summed E-state index contributed by atoms with van der Waals surface area (Å²) in [6.07, 6.45) is 1.10. The molecule has 30 heavy (non-hydrogen) atoms. The van der Waals surface area contributed by atoms with Crippen molar-refractivity contribution in [3.63, 3.8) is 0 Å². The number of benzene rings is 1. The SMILES string of the molecule is CC1=C(C(=O)OCCOC(C)C)C(c2cccc(F)c2)C2=C(CC(C)(C)CC2=O)N1. The summed E-state index contributed by atoms with van der Waals surface area (Å²) in [5.74, 6) is -1.61. The van der Waals surface area contributed by atoms with E-state index in [1.165, 1.54) is 12.1 Å². The van der Waals surface area contributed by atoms with Crippen molar-refractivity contribution in [3.8, 4) is 0 Å². The number of hydrogen-bond acceptors (Lipinski definition) is 5. The molecular weight excluding hydrogens is 385 g/mol. The summed E-state index contributed by atoms with van der Waals surface area (Å²) in [6, 6.07) is 6.08. The van der Waals surface area contributed by atoms with E-state index in [9.17, 15) is 14.0 Å².